The molecule has 9 nitrogen and oxygen atoms in total. The van der Waals surface area contributed by atoms with Crippen LogP contribution in [0.4, 0.5) is 10.5 Å². The van der Waals surface area contributed by atoms with Crippen LogP contribution in [0.15, 0.2) is 89.3 Å². The maximum atomic E-state index is 12.9. The molecule has 0 unspecified atom stereocenters. The molecule has 0 atom stereocenters. The van der Waals surface area contributed by atoms with E-state index >= 15 is 0 Å². The molecular weight excluding hydrogens is 456 g/mol. The summed E-state index contributed by atoms with van der Waals surface area (Å²) in [5.74, 6) is 3.13. The minimum atomic E-state index is -0.651. The van der Waals surface area contributed by atoms with Crippen molar-refractivity contribution in [3.63, 3.8) is 0 Å². The molecule has 1 aliphatic rings. The maximum Gasteiger partial charge on any atom is 0.435 e. The van der Waals surface area contributed by atoms with Crippen LogP contribution in [0.25, 0.3) is 0 Å². The summed E-state index contributed by atoms with van der Waals surface area (Å²) in [7, 11) is 0. The van der Waals surface area contributed by atoms with Crippen LogP contribution < -0.4 is 10.7 Å². The molecule has 0 saturated carbocycles. The van der Waals surface area contributed by atoms with Crippen molar-refractivity contribution in [2.45, 2.75) is 25.9 Å². The summed E-state index contributed by atoms with van der Waals surface area (Å²) in [6.45, 7) is 0.0248. The first kappa shape index (κ1) is 24.2. The van der Waals surface area contributed by atoms with Gasteiger partial charge in [-0.2, -0.15) is 5.01 Å². The minimum Gasteiger partial charge on any atom is -0.443 e. The van der Waals surface area contributed by atoms with Gasteiger partial charge in [0.1, 0.15) is 6.61 Å². The number of benzene rings is 2. The van der Waals surface area contributed by atoms with Crippen molar-refractivity contribution in [1.82, 2.24) is 15.4 Å². The van der Waals surface area contributed by atoms with E-state index in [9.17, 15) is 9.59 Å². The van der Waals surface area contributed by atoms with E-state index in [1.165, 1.54) is 5.01 Å². The fourth-order valence-electron chi connectivity index (χ4n) is 3.35. The van der Waals surface area contributed by atoms with E-state index in [0.717, 1.165) is 11.1 Å². The zero-order chi connectivity index (χ0) is 25.2. The van der Waals surface area contributed by atoms with E-state index < -0.39 is 6.09 Å². The molecule has 0 bridgehead atoms. The summed E-state index contributed by atoms with van der Waals surface area (Å²) < 4.78 is 5.50. The fourth-order valence-corrected chi connectivity index (χ4v) is 3.35. The summed E-state index contributed by atoms with van der Waals surface area (Å²) in [4.78, 5) is 29.2. The number of rotatable bonds is 8. The number of hydrogen-bond donors (Lipinski definition) is 2. The van der Waals surface area contributed by atoms with Gasteiger partial charge in [-0.1, -0.05) is 42.5 Å². The Morgan fingerprint density at radius 1 is 1.00 bits per heavy atom. The molecule has 0 spiro atoms. The second-order valence-electron chi connectivity index (χ2n) is 7.82. The number of carbonyl (C=O) groups excluding carboxylic acids is 2. The Morgan fingerprint density at radius 2 is 1.81 bits per heavy atom. The van der Waals surface area contributed by atoms with Gasteiger partial charge in [0.2, 0.25) is 5.91 Å². The zero-order valence-corrected chi connectivity index (χ0v) is 19.4. The highest BCUT2D eigenvalue weighted by molar-refractivity contribution is 6.05. The number of pyridine rings is 1. The highest BCUT2D eigenvalue weighted by Crippen LogP contribution is 2.14. The third-order valence-corrected chi connectivity index (χ3v) is 5.16. The number of ether oxygens (including phenoxy) is 1. The molecule has 9 heteroatoms. The smallest absolute Gasteiger partial charge is 0.435 e. The van der Waals surface area contributed by atoms with E-state index in [2.05, 4.69) is 31.8 Å². The molecule has 2 heterocycles. The third-order valence-electron chi connectivity index (χ3n) is 5.16. The van der Waals surface area contributed by atoms with Crippen LogP contribution in [-0.2, 0) is 22.6 Å². The standard InChI is InChI=1S/C27H24N6O3/c1-2-3-11-24-30-31-26(22-10-7-16-28-18-22)32-33(24)27(35)36-19-21-12-14-23(15-13-21)29-25(34)17-20-8-5-4-6-9-20/h1,4-10,12-16,18H,3,11,17,19H2,(H,29,34)(H,31,32). The first-order valence-corrected chi connectivity index (χ1v) is 11.3. The second-order valence-corrected chi connectivity index (χ2v) is 7.82. The SMILES string of the molecule is C#CCCC1=NN=C(c2cccnc2)NN1C(=O)OCc1ccc(NC(=O)Cc2ccccc2)cc1. The molecule has 0 radical (unpaired) electrons. The van der Waals surface area contributed by atoms with Gasteiger partial charge in [-0.15, -0.1) is 22.5 Å². The first-order chi connectivity index (χ1) is 17.6. The van der Waals surface area contributed by atoms with Gasteiger partial charge in [0.25, 0.3) is 0 Å². The van der Waals surface area contributed by atoms with Crippen molar-refractivity contribution in [2.75, 3.05) is 5.32 Å². The van der Waals surface area contributed by atoms with Crippen molar-refractivity contribution < 1.29 is 14.3 Å². The number of hydrogen-bond acceptors (Lipinski definition) is 7. The van der Waals surface area contributed by atoms with Gasteiger partial charge in [0.05, 0.1) is 6.42 Å². The predicted molar refractivity (Wildman–Crippen MR) is 137 cm³/mol. The highest BCUT2D eigenvalue weighted by atomic mass is 16.6. The Kier molecular flexibility index (Phi) is 8.02. The molecule has 36 heavy (non-hydrogen) atoms. The number of nitrogens with zero attached hydrogens (tertiary/aromatic N) is 4. The van der Waals surface area contributed by atoms with E-state index in [1.54, 1.807) is 48.8 Å². The molecular formula is C27H24N6O3. The molecule has 2 aromatic carbocycles. The number of amides is 2. The van der Waals surface area contributed by atoms with Gasteiger partial charge in [0, 0.05) is 36.5 Å². The summed E-state index contributed by atoms with van der Waals surface area (Å²) >= 11 is 0. The molecule has 0 aliphatic carbocycles. The normalized spacial score (nSPS) is 12.5. The van der Waals surface area contributed by atoms with Crippen molar-refractivity contribution in [3.8, 4) is 12.3 Å². The number of aromatic nitrogens is 1. The summed E-state index contributed by atoms with van der Waals surface area (Å²) in [6, 6.07) is 20.2. The Balaban J connectivity index is 1.34. The maximum absolute atomic E-state index is 12.9. The fraction of sp³-hybridized carbons (Fsp3) is 0.148. The molecule has 0 fully saturated rings. The van der Waals surface area contributed by atoms with Crippen LogP contribution in [0.5, 0.6) is 0 Å². The number of terminal acetylenes is 1. The Bertz CT molecular complexity index is 1300. The second kappa shape index (κ2) is 11.9. The summed E-state index contributed by atoms with van der Waals surface area (Å²) in [6.07, 6.45) is 8.99. The number of nitrogens with one attached hydrogen (secondary N) is 2. The molecule has 1 aliphatic heterocycles. The summed E-state index contributed by atoms with van der Waals surface area (Å²) in [5.41, 5.74) is 5.95. The molecule has 180 valence electrons. The highest BCUT2D eigenvalue weighted by Gasteiger charge is 2.26. The third kappa shape index (κ3) is 6.55. The van der Waals surface area contributed by atoms with Gasteiger partial charge in [-0.25, -0.2) is 4.79 Å². The molecule has 2 N–H and O–H groups in total. The van der Waals surface area contributed by atoms with Gasteiger partial charge < -0.3 is 10.1 Å². The largest absolute Gasteiger partial charge is 0.443 e. The average molecular weight is 481 g/mol. The molecule has 1 aromatic heterocycles. The van der Waals surface area contributed by atoms with Crippen molar-refractivity contribution in [3.05, 3.63) is 95.8 Å². The number of anilines is 1. The lowest BCUT2D eigenvalue weighted by molar-refractivity contribution is -0.115. The summed E-state index contributed by atoms with van der Waals surface area (Å²) in [5, 5.41) is 12.4. The van der Waals surface area contributed by atoms with E-state index in [0.29, 0.717) is 35.8 Å². The van der Waals surface area contributed by atoms with Crippen molar-refractivity contribution in [2.24, 2.45) is 10.2 Å². The van der Waals surface area contributed by atoms with Crippen LogP contribution in [0, 0.1) is 12.3 Å². The Hall–Kier alpha value is -4.97. The van der Waals surface area contributed by atoms with Gasteiger partial charge in [-0.3, -0.25) is 15.2 Å². The van der Waals surface area contributed by atoms with E-state index in [1.807, 2.05) is 30.3 Å². The van der Waals surface area contributed by atoms with Crippen LogP contribution in [0.3, 0.4) is 0 Å². The van der Waals surface area contributed by atoms with Crippen molar-refractivity contribution in [1.29, 1.82) is 0 Å². The van der Waals surface area contributed by atoms with Crippen LogP contribution in [-0.4, -0.2) is 33.7 Å². The lowest BCUT2D eigenvalue weighted by Gasteiger charge is -2.27. The topological polar surface area (TPSA) is 108 Å². The molecule has 3 aromatic rings. The quantitative estimate of drug-likeness (QED) is 0.476. The Morgan fingerprint density at radius 3 is 2.53 bits per heavy atom. The zero-order valence-electron chi connectivity index (χ0n) is 19.4. The Labute approximate surface area is 208 Å². The van der Waals surface area contributed by atoms with Gasteiger partial charge in [-0.05, 0) is 35.4 Å². The van der Waals surface area contributed by atoms with Crippen LogP contribution in [0.2, 0.25) is 0 Å². The van der Waals surface area contributed by atoms with Crippen LogP contribution >= 0.6 is 0 Å². The molecule has 2 amide bonds. The number of amidine groups is 2. The van der Waals surface area contributed by atoms with E-state index in [4.69, 9.17) is 11.2 Å². The van der Waals surface area contributed by atoms with Gasteiger partial charge >= 0.3 is 6.09 Å². The predicted octanol–water partition coefficient (Wildman–Crippen LogP) is 3.89. The minimum absolute atomic E-state index is 0.0248. The van der Waals surface area contributed by atoms with Gasteiger partial charge in [0.15, 0.2) is 11.7 Å². The van der Waals surface area contributed by atoms with E-state index in [-0.39, 0.29) is 18.9 Å². The number of carbonyl (C=O) groups is 2. The monoisotopic (exact) mass is 480 g/mol. The number of hydrazine groups is 1. The molecule has 4 rings (SSSR count). The first-order valence-electron chi connectivity index (χ1n) is 11.3. The van der Waals surface area contributed by atoms with Crippen LogP contribution in [0.1, 0.15) is 29.5 Å². The molecule has 0 saturated heterocycles. The lowest BCUT2D eigenvalue weighted by atomic mass is 10.1. The lowest BCUT2D eigenvalue weighted by Crippen LogP contribution is -2.52. The average Bonchev–Trinajstić information content (AvgIpc) is 2.92. The van der Waals surface area contributed by atoms with Crippen molar-refractivity contribution >= 4 is 29.4 Å².